The lowest BCUT2D eigenvalue weighted by Gasteiger charge is -2.24. The molecule has 0 aliphatic rings. The van der Waals surface area contributed by atoms with Crippen molar-refractivity contribution < 1.29 is 18.6 Å². The van der Waals surface area contributed by atoms with Crippen molar-refractivity contribution in [2.24, 2.45) is 5.41 Å². The van der Waals surface area contributed by atoms with Gasteiger partial charge in [-0.3, -0.25) is 0 Å². The Bertz CT molecular complexity index is 242. The summed E-state index contributed by atoms with van der Waals surface area (Å²) in [5.74, 6) is 0.293. The molecule has 0 rings (SSSR count). The summed E-state index contributed by atoms with van der Waals surface area (Å²) in [4.78, 5) is 0. The van der Waals surface area contributed by atoms with Gasteiger partial charge in [-0.2, -0.15) is 0 Å². The van der Waals surface area contributed by atoms with E-state index in [1.807, 2.05) is 0 Å². The van der Waals surface area contributed by atoms with Gasteiger partial charge in [-0.25, -0.2) is 8.42 Å². The average molecular weight is 224 g/mol. The molecule has 0 aromatic rings. The molecule has 0 amide bonds. The third-order valence-electron chi connectivity index (χ3n) is 2.44. The lowest BCUT2D eigenvalue weighted by molar-refractivity contribution is 0.0624. The van der Waals surface area contributed by atoms with Gasteiger partial charge in [-0.15, -0.1) is 0 Å². The average Bonchev–Trinajstić information content (AvgIpc) is 2.17. The molecular formula is C9H20O4S. The zero-order valence-electron chi connectivity index (χ0n) is 8.86. The summed E-state index contributed by atoms with van der Waals surface area (Å²) in [7, 11) is -2.92. The molecule has 0 aromatic heterocycles. The normalized spacial score (nSPS) is 13.1. The van der Waals surface area contributed by atoms with Crippen LogP contribution in [-0.2, 0) is 9.84 Å². The van der Waals surface area contributed by atoms with E-state index in [-0.39, 0.29) is 24.7 Å². The van der Waals surface area contributed by atoms with Crippen molar-refractivity contribution in [2.45, 2.75) is 26.7 Å². The van der Waals surface area contributed by atoms with Crippen LogP contribution in [0.15, 0.2) is 0 Å². The van der Waals surface area contributed by atoms with Crippen LogP contribution in [0.2, 0.25) is 0 Å². The third kappa shape index (κ3) is 4.93. The van der Waals surface area contributed by atoms with Gasteiger partial charge in [0.15, 0.2) is 0 Å². The first kappa shape index (κ1) is 13.9. The Morgan fingerprint density at radius 3 is 2.07 bits per heavy atom. The van der Waals surface area contributed by atoms with Gasteiger partial charge < -0.3 is 10.2 Å². The highest BCUT2D eigenvalue weighted by atomic mass is 32.2. The minimum absolute atomic E-state index is 0.115. The summed E-state index contributed by atoms with van der Waals surface area (Å²) >= 11 is 0. The van der Waals surface area contributed by atoms with Gasteiger partial charge in [0.25, 0.3) is 0 Å². The van der Waals surface area contributed by atoms with Crippen LogP contribution in [0, 0.1) is 5.41 Å². The fraction of sp³-hybridized carbons (Fsp3) is 1.00. The molecule has 86 valence electrons. The topological polar surface area (TPSA) is 74.6 Å². The molecule has 0 aliphatic carbocycles. The second-order valence-electron chi connectivity index (χ2n) is 3.97. The Kier molecular flexibility index (Phi) is 5.63. The SMILES string of the molecule is CCS(=O)(=O)CCCC(C)(CO)CO. The molecule has 0 saturated carbocycles. The largest absolute Gasteiger partial charge is 0.396 e. The van der Waals surface area contributed by atoms with Gasteiger partial charge >= 0.3 is 0 Å². The molecule has 0 unspecified atom stereocenters. The zero-order chi connectivity index (χ0) is 11.2. The molecule has 0 aliphatic heterocycles. The number of sulfone groups is 1. The van der Waals surface area contributed by atoms with E-state index < -0.39 is 15.3 Å². The fourth-order valence-electron chi connectivity index (χ4n) is 1.07. The van der Waals surface area contributed by atoms with Crippen LogP contribution in [0.4, 0.5) is 0 Å². The smallest absolute Gasteiger partial charge is 0.150 e. The van der Waals surface area contributed by atoms with Gasteiger partial charge in [0.05, 0.1) is 19.0 Å². The third-order valence-corrected chi connectivity index (χ3v) is 4.23. The van der Waals surface area contributed by atoms with E-state index in [4.69, 9.17) is 10.2 Å². The van der Waals surface area contributed by atoms with Crippen molar-refractivity contribution in [2.75, 3.05) is 24.7 Å². The van der Waals surface area contributed by atoms with Crippen LogP contribution in [0.25, 0.3) is 0 Å². The summed E-state index contributed by atoms with van der Waals surface area (Å²) in [6.45, 7) is 3.13. The molecule has 14 heavy (non-hydrogen) atoms. The van der Waals surface area contributed by atoms with Gasteiger partial charge in [0.1, 0.15) is 9.84 Å². The second kappa shape index (κ2) is 5.68. The minimum Gasteiger partial charge on any atom is -0.396 e. The molecule has 0 bridgehead atoms. The van der Waals surface area contributed by atoms with Crippen molar-refractivity contribution in [3.63, 3.8) is 0 Å². The minimum atomic E-state index is -2.92. The molecule has 0 spiro atoms. The molecule has 2 N–H and O–H groups in total. The Morgan fingerprint density at radius 1 is 1.21 bits per heavy atom. The number of aliphatic hydroxyl groups is 2. The van der Waals surface area contributed by atoms with Crippen LogP contribution in [-0.4, -0.2) is 43.4 Å². The molecule has 0 heterocycles. The Morgan fingerprint density at radius 2 is 1.71 bits per heavy atom. The molecule has 0 atom stereocenters. The predicted molar refractivity (Wildman–Crippen MR) is 55.8 cm³/mol. The molecule has 0 fully saturated rings. The molecular weight excluding hydrogens is 204 g/mol. The highest BCUT2D eigenvalue weighted by molar-refractivity contribution is 7.91. The second-order valence-corrected chi connectivity index (χ2v) is 6.44. The first-order chi connectivity index (χ1) is 6.39. The lowest BCUT2D eigenvalue weighted by atomic mass is 9.88. The summed E-state index contributed by atoms with van der Waals surface area (Å²) in [5.41, 5.74) is -0.552. The van der Waals surface area contributed by atoms with Crippen LogP contribution in [0.3, 0.4) is 0 Å². The van der Waals surface area contributed by atoms with E-state index in [1.165, 1.54) is 0 Å². The first-order valence-corrected chi connectivity index (χ1v) is 6.63. The first-order valence-electron chi connectivity index (χ1n) is 4.81. The van der Waals surface area contributed by atoms with Crippen molar-refractivity contribution >= 4 is 9.84 Å². The highest BCUT2D eigenvalue weighted by Crippen LogP contribution is 2.21. The zero-order valence-corrected chi connectivity index (χ0v) is 9.68. The van der Waals surface area contributed by atoms with Crippen LogP contribution in [0.5, 0.6) is 0 Å². The number of rotatable bonds is 7. The quantitative estimate of drug-likeness (QED) is 0.647. The number of hydrogen-bond acceptors (Lipinski definition) is 4. The van der Waals surface area contributed by atoms with Crippen LogP contribution < -0.4 is 0 Å². The Hall–Kier alpha value is -0.130. The monoisotopic (exact) mass is 224 g/mol. The van der Waals surface area contributed by atoms with Crippen molar-refractivity contribution in [1.29, 1.82) is 0 Å². The van der Waals surface area contributed by atoms with Crippen LogP contribution in [0.1, 0.15) is 26.7 Å². The van der Waals surface area contributed by atoms with E-state index >= 15 is 0 Å². The van der Waals surface area contributed by atoms with Crippen molar-refractivity contribution in [1.82, 2.24) is 0 Å². The maximum atomic E-state index is 11.1. The van der Waals surface area contributed by atoms with E-state index in [1.54, 1.807) is 13.8 Å². The van der Waals surface area contributed by atoms with Gasteiger partial charge in [-0.1, -0.05) is 13.8 Å². The molecule has 0 aromatic carbocycles. The van der Waals surface area contributed by atoms with Crippen LogP contribution >= 0.6 is 0 Å². The van der Waals surface area contributed by atoms with Gasteiger partial charge in [-0.05, 0) is 12.8 Å². The summed E-state index contributed by atoms with van der Waals surface area (Å²) in [6.07, 6.45) is 1.02. The lowest BCUT2D eigenvalue weighted by Crippen LogP contribution is -2.26. The fourth-order valence-corrected chi connectivity index (χ4v) is 1.94. The molecule has 5 heteroatoms. The van der Waals surface area contributed by atoms with Crippen molar-refractivity contribution in [3.8, 4) is 0 Å². The predicted octanol–water partition coefficient (Wildman–Crippen LogP) is 0.192. The van der Waals surface area contributed by atoms with Gasteiger partial charge in [0, 0.05) is 11.2 Å². The number of hydrogen-bond donors (Lipinski definition) is 2. The Labute approximate surface area is 85.9 Å². The maximum Gasteiger partial charge on any atom is 0.150 e. The van der Waals surface area contributed by atoms with E-state index in [0.29, 0.717) is 12.8 Å². The molecule has 0 saturated heterocycles. The maximum absolute atomic E-state index is 11.1. The number of aliphatic hydroxyl groups excluding tert-OH is 2. The van der Waals surface area contributed by atoms with E-state index in [9.17, 15) is 8.42 Å². The van der Waals surface area contributed by atoms with Gasteiger partial charge in [0.2, 0.25) is 0 Å². The van der Waals surface area contributed by atoms with E-state index in [2.05, 4.69) is 0 Å². The summed E-state index contributed by atoms with van der Waals surface area (Å²) in [6, 6.07) is 0. The van der Waals surface area contributed by atoms with Crippen molar-refractivity contribution in [3.05, 3.63) is 0 Å². The summed E-state index contributed by atoms with van der Waals surface area (Å²) in [5, 5.41) is 17.9. The van der Waals surface area contributed by atoms with E-state index in [0.717, 1.165) is 0 Å². The Balaban J connectivity index is 3.96. The molecule has 0 radical (unpaired) electrons. The molecule has 4 nitrogen and oxygen atoms in total. The standard InChI is InChI=1S/C9H20O4S/c1-3-14(12,13)6-4-5-9(2,7-10)8-11/h10-11H,3-8H2,1-2H3. The summed E-state index contributed by atoms with van der Waals surface area (Å²) < 4.78 is 22.3. The highest BCUT2D eigenvalue weighted by Gasteiger charge is 2.22.